The molecule has 27 heavy (non-hydrogen) atoms. The largest absolute Gasteiger partial charge is 0.385 e. The van der Waals surface area contributed by atoms with E-state index in [0.717, 1.165) is 30.0 Å². The number of benzene rings is 2. The normalized spacial score (nSPS) is 18.7. The number of methoxy groups -OCH3 is 1. The van der Waals surface area contributed by atoms with Gasteiger partial charge in [0.25, 0.3) is 5.91 Å². The second-order valence-corrected chi connectivity index (χ2v) is 7.42. The van der Waals surface area contributed by atoms with E-state index in [2.05, 4.69) is 22.0 Å². The number of nitrogens with one attached hydrogen (secondary N) is 1. The van der Waals surface area contributed by atoms with Crippen LogP contribution in [0.4, 0.5) is 5.69 Å². The van der Waals surface area contributed by atoms with Crippen molar-refractivity contribution in [1.82, 2.24) is 0 Å². The first-order valence-electron chi connectivity index (χ1n) is 8.92. The quantitative estimate of drug-likeness (QED) is 0.824. The minimum atomic E-state index is -0.331. The molecule has 2 aromatic carbocycles. The Bertz CT molecular complexity index is 778. The van der Waals surface area contributed by atoms with Crippen molar-refractivity contribution >= 4 is 28.5 Å². The van der Waals surface area contributed by atoms with Crippen LogP contribution >= 0.6 is 11.8 Å². The van der Waals surface area contributed by atoms with Gasteiger partial charge in [-0.3, -0.25) is 9.79 Å². The highest BCUT2D eigenvalue weighted by molar-refractivity contribution is 8.13. The van der Waals surface area contributed by atoms with Crippen LogP contribution in [-0.2, 0) is 10.3 Å². The van der Waals surface area contributed by atoms with Crippen molar-refractivity contribution in [2.45, 2.75) is 25.8 Å². The van der Waals surface area contributed by atoms with Crippen molar-refractivity contribution in [2.24, 2.45) is 10.7 Å². The Labute approximate surface area is 165 Å². The zero-order valence-corrected chi connectivity index (χ0v) is 16.9. The van der Waals surface area contributed by atoms with Gasteiger partial charge in [0.15, 0.2) is 5.17 Å². The molecule has 1 aliphatic rings. The van der Waals surface area contributed by atoms with Crippen molar-refractivity contribution in [3.05, 3.63) is 65.7 Å². The molecule has 0 radical (unpaired) electrons. The van der Waals surface area contributed by atoms with Crippen LogP contribution in [0, 0.1) is 0 Å². The zero-order chi connectivity index (χ0) is 19.7. The molecule has 2 aromatic rings. The number of ether oxygens (including phenoxy) is 1. The lowest BCUT2D eigenvalue weighted by Gasteiger charge is -2.30. The van der Waals surface area contributed by atoms with E-state index in [-0.39, 0.29) is 11.4 Å². The fourth-order valence-electron chi connectivity index (χ4n) is 2.62. The highest BCUT2D eigenvalue weighted by Gasteiger charge is 2.29. The summed E-state index contributed by atoms with van der Waals surface area (Å²) >= 11 is 1.59. The second kappa shape index (κ2) is 10.1. The molecule has 0 bridgehead atoms. The van der Waals surface area contributed by atoms with Crippen molar-refractivity contribution in [1.29, 1.82) is 0 Å². The number of carbonyl (C=O) groups excluding carboxylic acids is 1. The first-order valence-corrected chi connectivity index (χ1v) is 9.91. The summed E-state index contributed by atoms with van der Waals surface area (Å²) < 4.78 is 4.54. The van der Waals surface area contributed by atoms with E-state index in [1.165, 1.54) is 0 Å². The smallest absolute Gasteiger partial charge is 0.255 e. The number of aliphatic imine (C=N–C) groups is 1. The molecule has 1 heterocycles. The average Bonchev–Trinajstić information content (AvgIpc) is 2.69. The molecular weight excluding hydrogens is 358 g/mol. The summed E-state index contributed by atoms with van der Waals surface area (Å²) in [5.41, 5.74) is 8.02. The lowest BCUT2D eigenvalue weighted by Crippen LogP contribution is -2.28. The number of hydrogen-bond acceptors (Lipinski definition) is 5. The van der Waals surface area contributed by atoms with Crippen LogP contribution in [-0.4, -0.2) is 30.5 Å². The van der Waals surface area contributed by atoms with Gasteiger partial charge in [0.1, 0.15) is 0 Å². The highest BCUT2D eigenvalue weighted by atomic mass is 32.2. The summed E-state index contributed by atoms with van der Waals surface area (Å²) in [6.07, 6.45) is 0.925. The maximum absolute atomic E-state index is 12.3. The third-order valence-electron chi connectivity index (χ3n) is 4.26. The second-order valence-electron chi connectivity index (χ2n) is 6.30. The molecule has 0 saturated heterocycles. The van der Waals surface area contributed by atoms with Gasteiger partial charge < -0.3 is 15.8 Å². The van der Waals surface area contributed by atoms with Crippen LogP contribution in [0.3, 0.4) is 0 Å². The third-order valence-corrected chi connectivity index (χ3v) is 5.06. The monoisotopic (exact) mass is 385 g/mol. The SMILES string of the molecule is CC1(c2cccc(NC(=O)c3ccccc3)c2)CCSC(N)=N1.CCOC. The molecule has 3 N–H and O–H groups in total. The number of thioether (sulfide) groups is 1. The molecule has 0 spiro atoms. The highest BCUT2D eigenvalue weighted by Crippen LogP contribution is 2.35. The molecule has 1 amide bonds. The number of anilines is 1. The molecule has 5 nitrogen and oxygen atoms in total. The van der Waals surface area contributed by atoms with Gasteiger partial charge in [-0.05, 0) is 50.1 Å². The summed E-state index contributed by atoms with van der Waals surface area (Å²) in [7, 11) is 1.68. The molecule has 0 aliphatic carbocycles. The fraction of sp³-hybridized carbons (Fsp3) is 0.333. The summed E-state index contributed by atoms with van der Waals surface area (Å²) in [6.45, 7) is 4.86. The molecule has 0 fully saturated rings. The van der Waals surface area contributed by atoms with E-state index in [0.29, 0.717) is 10.7 Å². The Morgan fingerprint density at radius 1 is 1.26 bits per heavy atom. The molecule has 1 unspecified atom stereocenters. The molecule has 0 saturated carbocycles. The zero-order valence-electron chi connectivity index (χ0n) is 16.1. The average molecular weight is 386 g/mol. The molecule has 3 rings (SSSR count). The standard InChI is InChI=1S/C18H19N3OS.C3H8O/c1-18(10-11-23-17(19)21-18)14-8-5-9-15(12-14)20-16(22)13-6-3-2-4-7-13;1-3-4-2/h2-9,12H,10-11H2,1H3,(H2,19,21)(H,20,22);3H2,1-2H3. The first kappa shape index (κ1) is 21.0. The van der Waals surface area contributed by atoms with Crippen LogP contribution in [0.25, 0.3) is 0 Å². The fourth-order valence-corrected chi connectivity index (χ4v) is 3.59. The number of hydrogen-bond donors (Lipinski definition) is 2. The first-order chi connectivity index (χ1) is 13.0. The van der Waals surface area contributed by atoms with Crippen molar-refractivity contribution in [3.63, 3.8) is 0 Å². The Hall–Kier alpha value is -2.31. The van der Waals surface area contributed by atoms with Gasteiger partial charge in [-0.15, -0.1) is 0 Å². The van der Waals surface area contributed by atoms with Gasteiger partial charge in [-0.1, -0.05) is 42.1 Å². The van der Waals surface area contributed by atoms with E-state index < -0.39 is 0 Å². The molecule has 144 valence electrons. The number of rotatable bonds is 4. The summed E-state index contributed by atoms with van der Waals surface area (Å²) in [5, 5.41) is 3.56. The van der Waals surface area contributed by atoms with E-state index >= 15 is 0 Å². The van der Waals surface area contributed by atoms with E-state index in [1.807, 2.05) is 49.4 Å². The summed E-state index contributed by atoms with van der Waals surface area (Å²) in [6, 6.07) is 17.0. The van der Waals surface area contributed by atoms with Crippen LogP contribution in [0.1, 0.15) is 36.2 Å². The third kappa shape index (κ3) is 6.12. The number of carbonyl (C=O) groups is 1. The van der Waals surface area contributed by atoms with Crippen LogP contribution in [0.5, 0.6) is 0 Å². The predicted octanol–water partition coefficient (Wildman–Crippen LogP) is 4.26. The van der Waals surface area contributed by atoms with E-state index in [9.17, 15) is 4.79 Å². The molecule has 1 aliphatic heterocycles. The Morgan fingerprint density at radius 3 is 2.59 bits per heavy atom. The number of nitrogens with two attached hydrogens (primary N) is 1. The Balaban J connectivity index is 0.000000596. The molecule has 0 aromatic heterocycles. The summed E-state index contributed by atoms with van der Waals surface area (Å²) in [4.78, 5) is 16.9. The maximum Gasteiger partial charge on any atom is 0.255 e. The predicted molar refractivity (Wildman–Crippen MR) is 114 cm³/mol. The van der Waals surface area contributed by atoms with E-state index in [4.69, 9.17) is 5.73 Å². The van der Waals surface area contributed by atoms with Crippen molar-refractivity contribution in [3.8, 4) is 0 Å². The van der Waals surface area contributed by atoms with Crippen LogP contribution in [0.15, 0.2) is 59.6 Å². The van der Waals surface area contributed by atoms with Gasteiger partial charge in [0.05, 0.1) is 5.54 Å². The number of amidine groups is 1. The lowest BCUT2D eigenvalue weighted by atomic mass is 9.89. The van der Waals surface area contributed by atoms with Crippen molar-refractivity contribution < 1.29 is 9.53 Å². The minimum absolute atomic E-state index is 0.116. The van der Waals surface area contributed by atoms with Gasteiger partial charge in [0, 0.05) is 30.7 Å². The molecule has 1 atom stereocenters. The van der Waals surface area contributed by atoms with Gasteiger partial charge in [-0.2, -0.15) is 0 Å². The Kier molecular flexibility index (Phi) is 7.88. The number of nitrogens with zero attached hydrogens (tertiary/aromatic N) is 1. The van der Waals surface area contributed by atoms with Crippen molar-refractivity contribution in [2.75, 3.05) is 24.8 Å². The van der Waals surface area contributed by atoms with Gasteiger partial charge >= 0.3 is 0 Å². The minimum Gasteiger partial charge on any atom is -0.385 e. The topological polar surface area (TPSA) is 76.7 Å². The van der Waals surface area contributed by atoms with Crippen LogP contribution < -0.4 is 11.1 Å². The number of amides is 1. The lowest BCUT2D eigenvalue weighted by molar-refractivity contribution is 0.102. The van der Waals surface area contributed by atoms with Gasteiger partial charge in [0.2, 0.25) is 0 Å². The summed E-state index contributed by atoms with van der Waals surface area (Å²) in [5.74, 6) is 0.835. The maximum atomic E-state index is 12.3. The Morgan fingerprint density at radius 2 is 1.96 bits per heavy atom. The van der Waals surface area contributed by atoms with Crippen LogP contribution in [0.2, 0.25) is 0 Å². The van der Waals surface area contributed by atoms with Gasteiger partial charge in [-0.25, -0.2) is 0 Å². The van der Waals surface area contributed by atoms with E-state index in [1.54, 1.807) is 31.0 Å². The molecule has 6 heteroatoms. The molecular formula is C21H27N3O2S.